The molecule has 0 spiro atoms. The number of alkyl halides is 1. The van der Waals surface area contributed by atoms with Crippen molar-refractivity contribution in [3.8, 4) is 0 Å². The van der Waals surface area contributed by atoms with E-state index in [9.17, 15) is 4.79 Å². The minimum atomic E-state index is 0.0208. The van der Waals surface area contributed by atoms with Crippen molar-refractivity contribution in [1.82, 2.24) is 5.32 Å². The molecule has 1 unspecified atom stereocenters. The van der Waals surface area contributed by atoms with Gasteiger partial charge in [-0.3, -0.25) is 4.79 Å². The van der Waals surface area contributed by atoms with Crippen LogP contribution in [-0.4, -0.2) is 11.8 Å². The van der Waals surface area contributed by atoms with Crippen LogP contribution in [0, 0.1) is 0 Å². The topological polar surface area (TPSA) is 29.1 Å². The van der Waals surface area contributed by atoms with E-state index in [0.29, 0.717) is 12.8 Å². The van der Waals surface area contributed by atoms with Gasteiger partial charge in [0.1, 0.15) is 0 Å². The van der Waals surface area contributed by atoms with Crippen LogP contribution in [0.5, 0.6) is 0 Å². The highest BCUT2D eigenvalue weighted by Crippen LogP contribution is 2.14. The van der Waals surface area contributed by atoms with Gasteiger partial charge in [-0.25, -0.2) is 0 Å². The van der Waals surface area contributed by atoms with Crippen LogP contribution in [0.4, 0.5) is 0 Å². The number of rotatable bonds is 2. The molecular formula is C7H8ClNO. The zero-order valence-corrected chi connectivity index (χ0v) is 6.14. The molecule has 0 aliphatic heterocycles. The van der Waals surface area contributed by atoms with Crippen LogP contribution in [0.25, 0.3) is 0 Å². The molecule has 1 aliphatic carbocycles. The quantitative estimate of drug-likeness (QED) is 0.474. The molecule has 0 aromatic heterocycles. The van der Waals surface area contributed by atoms with Crippen LogP contribution in [0.15, 0.2) is 23.9 Å². The van der Waals surface area contributed by atoms with Gasteiger partial charge < -0.3 is 5.32 Å². The summed E-state index contributed by atoms with van der Waals surface area (Å²) in [6.45, 7) is 0. The Labute approximate surface area is 64.6 Å². The lowest BCUT2D eigenvalue weighted by atomic mass is 10.1. The first-order chi connectivity index (χ1) is 4.83. The van der Waals surface area contributed by atoms with Gasteiger partial charge in [0.05, 0.1) is 5.38 Å². The van der Waals surface area contributed by atoms with Crippen LogP contribution >= 0.6 is 11.6 Å². The van der Waals surface area contributed by atoms with Gasteiger partial charge in [-0.15, -0.1) is 11.6 Å². The van der Waals surface area contributed by atoms with Gasteiger partial charge >= 0.3 is 0 Å². The van der Waals surface area contributed by atoms with Crippen LogP contribution < -0.4 is 5.32 Å². The van der Waals surface area contributed by atoms with Gasteiger partial charge in [0, 0.05) is 12.1 Å². The number of hydrogen-bond donors (Lipinski definition) is 1. The Morgan fingerprint density at radius 1 is 1.80 bits per heavy atom. The monoisotopic (exact) mass is 157 g/mol. The molecule has 1 aliphatic rings. The maximum absolute atomic E-state index is 9.96. The van der Waals surface area contributed by atoms with E-state index in [1.54, 1.807) is 0 Å². The van der Waals surface area contributed by atoms with E-state index >= 15 is 0 Å². The fourth-order valence-corrected chi connectivity index (χ4v) is 1.07. The van der Waals surface area contributed by atoms with Crippen molar-refractivity contribution in [1.29, 1.82) is 0 Å². The molecule has 1 N–H and O–H groups in total. The minimum Gasteiger partial charge on any atom is -0.332 e. The molecule has 1 amide bonds. The molecule has 1 atom stereocenters. The molecular weight excluding hydrogens is 150 g/mol. The number of halogens is 1. The van der Waals surface area contributed by atoms with Gasteiger partial charge in [0.15, 0.2) is 0 Å². The summed E-state index contributed by atoms with van der Waals surface area (Å²) in [6, 6.07) is 0. The van der Waals surface area contributed by atoms with E-state index < -0.39 is 0 Å². The predicted octanol–water partition coefficient (Wildman–Crippen LogP) is 1.18. The molecule has 0 aromatic carbocycles. The molecule has 0 saturated carbocycles. The van der Waals surface area contributed by atoms with E-state index in [4.69, 9.17) is 11.6 Å². The Morgan fingerprint density at radius 3 is 3.20 bits per heavy atom. The lowest BCUT2D eigenvalue weighted by Crippen LogP contribution is -2.15. The van der Waals surface area contributed by atoms with Crippen molar-refractivity contribution in [2.24, 2.45) is 0 Å². The predicted molar refractivity (Wildman–Crippen MR) is 40.7 cm³/mol. The number of allylic oxidation sites excluding steroid dienone is 4. The second-order valence-corrected chi connectivity index (χ2v) is 2.62. The second kappa shape index (κ2) is 3.42. The number of hydrogen-bond acceptors (Lipinski definition) is 1. The van der Waals surface area contributed by atoms with E-state index in [-0.39, 0.29) is 5.38 Å². The van der Waals surface area contributed by atoms with Crippen molar-refractivity contribution >= 4 is 18.0 Å². The molecule has 1 rings (SSSR count). The van der Waals surface area contributed by atoms with Gasteiger partial charge in [0.25, 0.3) is 0 Å². The van der Waals surface area contributed by atoms with Crippen LogP contribution in [0.3, 0.4) is 0 Å². The summed E-state index contributed by atoms with van der Waals surface area (Å²) >= 11 is 5.76. The molecule has 0 aromatic rings. The molecule has 3 heteroatoms. The van der Waals surface area contributed by atoms with Crippen molar-refractivity contribution in [2.45, 2.75) is 11.8 Å². The zero-order chi connectivity index (χ0) is 7.40. The SMILES string of the molecule is O=CNC1=CC=CC(Cl)C1. The van der Waals surface area contributed by atoms with Gasteiger partial charge in [-0.05, 0) is 6.08 Å². The summed E-state index contributed by atoms with van der Waals surface area (Å²) < 4.78 is 0. The molecule has 0 heterocycles. The highest BCUT2D eigenvalue weighted by molar-refractivity contribution is 6.22. The maximum atomic E-state index is 9.96. The standard InChI is InChI=1S/C7H8ClNO/c8-6-2-1-3-7(4-6)9-5-10/h1-3,5-6H,4H2,(H,9,10). The summed E-state index contributed by atoms with van der Waals surface area (Å²) in [7, 11) is 0. The third-order valence-electron chi connectivity index (χ3n) is 1.28. The van der Waals surface area contributed by atoms with Crippen LogP contribution in [0.1, 0.15) is 6.42 Å². The summed E-state index contributed by atoms with van der Waals surface area (Å²) in [4.78, 5) is 9.96. The van der Waals surface area contributed by atoms with E-state index in [1.807, 2.05) is 18.2 Å². The fourth-order valence-electron chi connectivity index (χ4n) is 0.821. The van der Waals surface area contributed by atoms with Crippen molar-refractivity contribution < 1.29 is 4.79 Å². The lowest BCUT2D eigenvalue weighted by molar-refractivity contribution is -0.108. The normalized spacial score (nSPS) is 23.7. The number of amides is 1. The Hall–Kier alpha value is -0.760. The lowest BCUT2D eigenvalue weighted by Gasteiger charge is -2.10. The van der Waals surface area contributed by atoms with Crippen molar-refractivity contribution in [2.75, 3.05) is 0 Å². The summed E-state index contributed by atoms with van der Waals surface area (Å²) in [5, 5.41) is 2.58. The van der Waals surface area contributed by atoms with Crippen LogP contribution in [-0.2, 0) is 4.79 Å². The number of carbonyl (C=O) groups excluding carboxylic acids is 1. The Balaban J connectivity index is 2.52. The molecule has 2 nitrogen and oxygen atoms in total. The van der Waals surface area contributed by atoms with Gasteiger partial charge in [-0.2, -0.15) is 0 Å². The molecule has 0 fully saturated rings. The average Bonchev–Trinajstić information content (AvgIpc) is 1.88. The summed E-state index contributed by atoms with van der Waals surface area (Å²) in [6.07, 6.45) is 6.93. The maximum Gasteiger partial charge on any atom is 0.211 e. The van der Waals surface area contributed by atoms with Crippen molar-refractivity contribution in [3.63, 3.8) is 0 Å². The highest BCUT2D eigenvalue weighted by Gasteiger charge is 2.06. The van der Waals surface area contributed by atoms with Gasteiger partial charge in [-0.1, -0.05) is 12.2 Å². The Morgan fingerprint density at radius 2 is 2.60 bits per heavy atom. The molecule has 10 heavy (non-hydrogen) atoms. The molecule has 0 saturated heterocycles. The zero-order valence-electron chi connectivity index (χ0n) is 5.38. The minimum absolute atomic E-state index is 0.0208. The first kappa shape index (κ1) is 7.35. The summed E-state index contributed by atoms with van der Waals surface area (Å²) in [5.41, 5.74) is 0.873. The number of nitrogens with one attached hydrogen (secondary N) is 1. The summed E-state index contributed by atoms with van der Waals surface area (Å²) in [5.74, 6) is 0. The highest BCUT2D eigenvalue weighted by atomic mass is 35.5. The second-order valence-electron chi connectivity index (χ2n) is 2.06. The Kier molecular flexibility index (Phi) is 2.51. The van der Waals surface area contributed by atoms with E-state index in [1.165, 1.54) is 0 Å². The molecule has 0 bridgehead atoms. The largest absolute Gasteiger partial charge is 0.332 e. The molecule has 0 radical (unpaired) electrons. The smallest absolute Gasteiger partial charge is 0.211 e. The van der Waals surface area contributed by atoms with Crippen molar-refractivity contribution in [3.05, 3.63) is 23.9 Å². The van der Waals surface area contributed by atoms with Crippen LogP contribution in [0.2, 0.25) is 0 Å². The molecule has 54 valence electrons. The first-order valence-electron chi connectivity index (χ1n) is 3.04. The number of carbonyl (C=O) groups is 1. The average molecular weight is 158 g/mol. The first-order valence-corrected chi connectivity index (χ1v) is 3.48. The van der Waals surface area contributed by atoms with Gasteiger partial charge in [0.2, 0.25) is 6.41 Å². The Bertz CT molecular complexity index is 186. The van der Waals surface area contributed by atoms with E-state index in [2.05, 4.69) is 5.32 Å². The third kappa shape index (κ3) is 1.88. The van der Waals surface area contributed by atoms with E-state index in [0.717, 1.165) is 5.70 Å². The fraction of sp³-hybridized carbons (Fsp3) is 0.286. The third-order valence-corrected chi connectivity index (χ3v) is 1.58.